The number of rotatable bonds is 8. The molecule has 32 heavy (non-hydrogen) atoms. The van der Waals surface area contributed by atoms with E-state index >= 15 is 0 Å². The molecule has 1 N–H and O–H groups in total. The number of nitrogens with zero attached hydrogens (tertiary/aromatic N) is 4. The summed E-state index contributed by atoms with van der Waals surface area (Å²) >= 11 is 0. The van der Waals surface area contributed by atoms with Crippen molar-refractivity contribution in [3.8, 4) is 5.75 Å². The lowest BCUT2D eigenvalue weighted by molar-refractivity contribution is -0.137. The van der Waals surface area contributed by atoms with Crippen molar-refractivity contribution in [3.05, 3.63) is 29.6 Å². The Morgan fingerprint density at radius 3 is 2.59 bits per heavy atom. The monoisotopic (exact) mass is 447 g/mol. The van der Waals surface area contributed by atoms with Gasteiger partial charge < -0.3 is 19.9 Å². The molecule has 0 bridgehead atoms. The van der Waals surface area contributed by atoms with E-state index in [2.05, 4.69) is 15.1 Å². The first-order valence-corrected chi connectivity index (χ1v) is 11.8. The molecule has 2 fully saturated rings. The number of hydrogen-bond acceptors (Lipinski definition) is 4. The van der Waals surface area contributed by atoms with Crippen LogP contribution >= 0.6 is 0 Å². The molecule has 3 rings (SSSR count). The van der Waals surface area contributed by atoms with Crippen molar-refractivity contribution in [3.63, 3.8) is 0 Å². The van der Waals surface area contributed by atoms with Crippen LogP contribution in [-0.4, -0.2) is 86.5 Å². The fourth-order valence-corrected chi connectivity index (χ4v) is 4.55. The topological polar surface area (TPSA) is 60.4 Å². The summed E-state index contributed by atoms with van der Waals surface area (Å²) in [6.45, 7) is 8.36. The maximum absolute atomic E-state index is 14.0. The molecule has 8 heteroatoms. The van der Waals surface area contributed by atoms with Crippen molar-refractivity contribution in [1.29, 1.82) is 0 Å². The molecule has 1 aliphatic carbocycles. The van der Waals surface area contributed by atoms with E-state index in [0.717, 1.165) is 63.6 Å². The molecule has 178 valence electrons. The second-order valence-corrected chi connectivity index (χ2v) is 8.71. The van der Waals surface area contributed by atoms with Gasteiger partial charge in [0.1, 0.15) is 0 Å². The zero-order chi connectivity index (χ0) is 22.9. The third-order valence-corrected chi connectivity index (χ3v) is 6.40. The number of guanidine groups is 1. The van der Waals surface area contributed by atoms with Crippen LogP contribution in [0.1, 0.15) is 38.2 Å². The van der Waals surface area contributed by atoms with E-state index in [1.807, 2.05) is 24.9 Å². The van der Waals surface area contributed by atoms with E-state index < -0.39 is 0 Å². The molecule has 0 unspecified atom stereocenters. The lowest BCUT2D eigenvalue weighted by Gasteiger charge is -2.35. The van der Waals surface area contributed by atoms with E-state index in [9.17, 15) is 9.18 Å². The predicted octanol–water partition coefficient (Wildman–Crippen LogP) is 2.57. The standard InChI is InChI=1S/C24H38FN5O2/c1-4-26-24(28(2)18-19-9-10-22(32-3)21(25)17-19)27-11-12-29-13-15-30(16-14-29)23(31)20-7-5-6-8-20/h9-10,17,20H,4-8,11-16,18H2,1-3H3,(H,26,27). The third kappa shape index (κ3) is 6.58. The lowest BCUT2D eigenvalue weighted by atomic mass is 10.1. The van der Waals surface area contributed by atoms with Crippen molar-refractivity contribution in [2.24, 2.45) is 10.9 Å². The molecule has 2 aliphatic rings. The van der Waals surface area contributed by atoms with Crippen LogP contribution in [-0.2, 0) is 11.3 Å². The Labute approximate surface area is 191 Å². The number of halogens is 1. The second-order valence-electron chi connectivity index (χ2n) is 8.71. The maximum atomic E-state index is 14.0. The molecular weight excluding hydrogens is 409 g/mol. The van der Waals surface area contributed by atoms with Crippen LogP contribution in [0.3, 0.4) is 0 Å². The summed E-state index contributed by atoms with van der Waals surface area (Å²) in [4.78, 5) is 23.8. The number of ether oxygens (including phenoxy) is 1. The third-order valence-electron chi connectivity index (χ3n) is 6.40. The molecule has 0 radical (unpaired) electrons. The van der Waals surface area contributed by atoms with Crippen molar-refractivity contribution < 1.29 is 13.9 Å². The minimum atomic E-state index is -0.356. The molecular formula is C24H38FN5O2. The molecule has 1 saturated carbocycles. The maximum Gasteiger partial charge on any atom is 0.225 e. The van der Waals surface area contributed by atoms with Crippen molar-refractivity contribution in [2.45, 2.75) is 39.2 Å². The van der Waals surface area contributed by atoms with E-state index in [4.69, 9.17) is 9.73 Å². The Balaban J connectivity index is 1.46. The molecule has 1 heterocycles. The predicted molar refractivity (Wildman–Crippen MR) is 125 cm³/mol. The summed E-state index contributed by atoms with van der Waals surface area (Å²) < 4.78 is 19.0. The Morgan fingerprint density at radius 2 is 1.97 bits per heavy atom. The van der Waals surface area contributed by atoms with Crippen molar-refractivity contribution in [2.75, 3.05) is 60.0 Å². The normalized spacial score (nSPS) is 18.1. The highest BCUT2D eigenvalue weighted by Gasteiger charge is 2.29. The number of methoxy groups -OCH3 is 1. The lowest BCUT2D eigenvalue weighted by Crippen LogP contribution is -2.50. The number of nitrogens with one attached hydrogen (secondary N) is 1. The first kappa shape index (κ1) is 24.3. The van der Waals surface area contributed by atoms with Gasteiger partial charge in [-0.25, -0.2) is 4.39 Å². The van der Waals surface area contributed by atoms with Gasteiger partial charge in [-0.2, -0.15) is 0 Å². The minimum Gasteiger partial charge on any atom is -0.494 e. The number of amides is 1. The minimum absolute atomic E-state index is 0.252. The summed E-state index contributed by atoms with van der Waals surface area (Å²) in [5.74, 6) is 1.33. The highest BCUT2D eigenvalue weighted by molar-refractivity contribution is 5.80. The van der Waals surface area contributed by atoms with Gasteiger partial charge in [0.25, 0.3) is 0 Å². The zero-order valence-electron chi connectivity index (χ0n) is 19.8. The first-order chi connectivity index (χ1) is 15.5. The van der Waals surface area contributed by atoms with Gasteiger partial charge in [-0.3, -0.25) is 14.7 Å². The summed E-state index contributed by atoms with van der Waals surface area (Å²) in [5, 5.41) is 3.32. The van der Waals surface area contributed by atoms with Crippen LogP contribution in [0, 0.1) is 11.7 Å². The molecule has 1 amide bonds. The average Bonchev–Trinajstić information content (AvgIpc) is 3.33. The van der Waals surface area contributed by atoms with Crippen molar-refractivity contribution in [1.82, 2.24) is 20.0 Å². The van der Waals surface area contributed by atoms with Crippen LogP contribution in [0.4, 0.5) is 4.39 Å². The van der Waals surface area contributed by atoms with Crippen LogP contribution in [0.15, 0.2) is 23.2 Å². The summed E-state index contributed by atoms with van der Waals surface area (Å²) in [6.07, 6.45) is 4.53. The Kier molecular flexibility index (Phi) is 9.14. The fourth-order valence-electron chi connectivity index (χ4n) is 4.55. The van der Waals surface area contributed by atoms with E-state index in [-0.39, 0.29) is 17.5 Å². The Bertz CT molecular complexity index is 774. The molecule has 1 saturated heterocycles. The van der Waals surface area contributed by atoms with Crippen LogP contribution in [0.2, 0.25) is 0 Å². The molecule has 0 aromatic heterocycles. The SMILES string of the molecule is CCNC(=NCCN1CCN(C(=O)C2CCCC2)CC1)N(C)Cc1ccc(OC)c(F)c1. The van der Waals surface area contributed by atoms with Crippen LogP contribution in [0.5, 0.6) is 5.75 Å². The number of hydrogen-bond donors (Lipinski definition) is 1. The summed E-state index contributed by atoms with van der Waals surface area (Å²) in [6, 6.07) is 5.03. The first-order valence-electron chi connectivity index (χ1n) is 11.8. The van der Waals surface area contributed by atoms with Gasteiger partial charge in [-0.1, -0.05) is 18.9 Å². The number of benzene rings is 1. The van der Waals surface area contributed by atoms with Gasteiger partial charge in [0, 0.05) is 58.8 Å². The van der Waals surface area contributed by atoms with Gasteiger partial charge >= 0.3 is 0 Å². The van der Waals surface area contributed by atoms with Crippen LogP contribution < -0.4 is 10.1 Å². The number of carbonyl (C=O) groups excluding carboxylic acids is 1. The highest BCUT2D eigenvalue weighted by atomic mass is 19.1. The summed E-state index contributed by atoms with van der Waals surface area (Å²) in [5.41, 5.74) is 0.861. The van der Waals surface area contributed by atoms with E-state index in [1.165, 1.54) is 26.0 Å². The van der Waals surface area contributed by atoms with Crippen LogP contribution in [0.25, 0.3) is 0 Å². The number of piperazine rings is 1. The molecule has 1 aromatic carbocycles. The molecule has 1 aliphatic heterocycles. The Morgan fingerprint density at radius 1 is 1.25 bits per heavy atom. The zero-order valence-corrected chi connectivity index (χ0v) is 19.8. The smallest absolute Gasteiger partial charge is 0.225 e. The average molecular weight is 448 g/mol. The number of aliphatic imine (C=N–C) groups is 1. The molecule has 1 aromatic rings. The number of carbonyl (C=O) groups is 1. The van der Waals surface area contributed by atoms with Gasteiger partial charge in [0.15, 0.2) is 17.5 Å². The van der Waals surface area contributed by atoms with E-state index in [0.29, 0.717) is 19.0 Å². The Hall–Kier alpha value is -2.35. The molecule has 0 atom stereocenters. The summed E-state index contributed by atoms with van der Waals surface area (Å²) in [7, 11) is 3.42. The molecule has 7 nitrogen and oxygen atoms in total. The van der Waals surface area contributed by atoms with Gasteiger partial charge in [-0.15, -0.1) is 0 Å². The van der Waals surface area contributed by atoms with E-state index in [1.54, 1.807) is 6.07 Å². The second kappa shape index (κ2) is 12.0. The molecule has 0 spiro atoms. The van der Waals surface area contributed by atoms with Gasteiger partial charge in [0.05, 0.1) is 13.7 Å². The van der Waals surface area contributed by atoms with Gasteiger partial charge in [0.2, 0.25) is 5.91 Å². The fraction of sp³-hybridized carbons (Fsp3) is 0.667. The van der Waals surface area contributed by atoms with Crippen molar-refractivity contribution >= 4 is 11.9 Å². The quantitative estimate of drug-likeness (QED) is 0.490. The largest absolute Gasteiger partial charge is 0.494 e. The highest BCUT2D eigenvalue weighted by Crippen LogP contribution is 2.27. The van der Waals surface area contributed by atoms with Gasteiger partial charge in [-0.05, 0) is 37.5 Å².